The first-order valence-electron chi connectivity index (χ1n) is 8.89. The number of anilines is 2. The summed E-state index contributed by atoms with van der Waals surface area (Å²) in [7, 11) is 0. The number of piperidine rings is 1. The Bertz CT molecular complexity index is 826. The Hall–Kier alpha value is -3.09. The van der Waals surface area contributed by atoms with E-state index in [1.54, 1.807) is 18.6 Å². The number of nitrogens with one attached hydrogen (secondary N) is 1. The molecule has 132 valence electrons. The molecule has 0 saturated carbocycles. The molecule has 0 radical (unpaired) electrons. The summed E-state index contributed by atoms with van der Waals surface area (Å²) < 4.78 is 0. The highest BCUT2D eigenvalue weighted by Gasteiger charge is 2.21. The van der Waals surface area contributed by atoms with E-state index in [0.717, 1.165) is 43.3 Å². The molecule has 7 heteroatoms. The average molecular weight is 347 g/mol. The van der Waals surface area contributed by atoms with Gasteiger partial charge in [-0.2, -0.15) is 5.10 Å². The van der Waals surface area contributed by atoms with Gasteiger partial charge in [0.2, 0.25) is 11.9 Å². The number of rotatable bonds is 5. The van der Waals surface area contributed by atoms with E-state index in [0.29, 0.717) is 11.9 Å². The fraction of sp³-hybridized carbons (Fsp3) is 0.316. The average Bonchev–Trinajstić information content (AvgIpc) is 2.74. The van der Waals surface area contributed by atoms with Crippen LogP contribution in [0.5, 0.6) is 0 Å². The van der Waals surface area contributed by atoms with Gasteiger partial charge in [-0.3, -0.25) is 0 Å². The molecule has 3 heterocycles. The van der Waals surface area contributed by atoms with Crippen LogP contribution in [0.15, 0.2) is 55.0 Å². The second kappa shape index (κ2) is 7.86. The maximum atomic E-state index is 4.58. The van der Waals surface area contributed by atoms with E-state index in [2.05, 4.69) is 35.4 Å². The highest BCUT2D eigenvalue weighted by atomic mass is 15.3. The highest BCUT2D eigenvalue weighted by Crippen LogP contribution is 2.21. The van der Waals surface area contributed by atoms with Crippen LogP contribution in [0.2, 0.25) is 0 Å². The molecule has 3 aromatic rings. The lowest BCUT2D eigenvalue weighted by atomic mass is 9.98. The summed E-state index contributed by atoms with van der Waals surface area (Å²) >= 11 is 0. The van der Waals surface area contributed by atoms with E-state index < -0.39 is 0 Å². The number of benzene rings is 1. The maximum absolute atomic E-state index is 4.58. The topological polar surface area (TPSA) is 79.7 Å². The Kier molecular flexibility index (Phi) is 4.95. The van der Waals surface area contributed by atoms with E-state index in [9.17, 15) is 0 Å². The number of aromatic nitrogens is 5. The molecule has 4 rings (SSSR count). The zero-order chi connectivity index (χ0) is 17.6. The molecule has 2 aromatic heterocycles. The van der Waals surface area contributed by atoms with Crippen molar-refractivity contribution in [2.75, 3.05) is 29.9 Å². The van der Waals surface area contributed by atoms with Crippen molar-refractivity contribution in [3.63, 3.8) is 0 Å². The van der Waals surface area contributed by atoms with Crippen molar-refractivity contribution >= 4 is 11.9 Å². The van der Waals surface area contributed by atoms with Gasteiger partial charge in [-0.1, -0.05) is 30.3 Å². The Labute approximate surface area is 152 Å². The molecule has 0 amide bonds. The van der Waals surface area contributed by atoms with Crippen LogP contribution in [-0.4, -0.2) is 44.8 Å². The van der Waals surface area contributed by atoms with Crippen molar-refractivity contribution in [3.05, 3.63) is 55.0 Å². The van der Waals surface area contributed by atoms with Gasteiger partial charge < -0.3 is 10.2 Å². The Morgan fingerprint density at radius 1 is 1.08 bits per heavy atom. The van der Waals surface area contributed by atoms with E-state index in [1.165, 1.54) is 6.42 Å². The summed E-state index contributed by atoms with van der Waals surface area (Å²) in [4.78, 5) is 15.5. The van der Waals surface area contributed by atoms with Gasteiger partial charge in [0, 0.05) is 37.6 Å². The molecule has 0 spiro atoms. The van der Waals surface area contributed by atoms with Crippen LogP contribution in [0.1, 0.15) is 12.8 Å². The Balaban J connectivity index is 1.38. The molecular formula is C19H21N7. The summed E-state index contributed by atoms with van der Waals surface area (Å²) in [5.41, 5.74) is 1.86. The van der Waals surface area contributed by atoms with Crippen LogP contribution < -0.4 is 10.2 Å². The predicted molar refractivity (Wildman–Crippen MR) is 101 cm³/mol. The number of hydrogen-bond donors (Lipinski definition) is 1. The van der Waals surface area contributed by atoms with Crippen molar-refractivity contribution in [2.45, 2.75) is 12.8 Å². The van der Waals surface area contributed by atoms with Gasteiger partial charge in [-0.25, -0.2) is 15.0 Å². The van der Waals surface area contributed by atoms with Crippen LogP contribution in [-0.2, 0) is 0 Å². The molecule has 1 N–H and O–H groups in total. The van der Waals surface area contributed by atoms with Gasteiger partial charge in [0.15, 0.2) is 0 Å². The lowest BCUT2D eigenvalue weighted by molar-refractivity contribution is 0.427. The summed E-state index contributed by atoms with van der Waals surface area (Å²) in [6.07, 6.45) is 7.57. The molecular weight excluding hydrogens is 326 g/mol. The Morgan fingerprint density at radius 3 is 2.77 bits per heavy atom. The summed E-state index contributed by atoms with van der Waals surface area (Å²) in [5, 5.41) is 11.5. The fourth-order valence-corrected chi connectivity index (χ4v) is 3.23. The molecule has 0 bridgehead atoms. The summed E-state index contributed by atoms with van der Waals surface area (Å²) in [6.45, 7) is 2.74. The van der Waals surface area contributed by atoms with Gasteiger partial charge in [0.05, 0.1) is 11.9 Å². The van der Waals surface area contributed by atoms with E-state index in [4.69, 9.17) is 0 Å². The first kappa shape index (κ1) is 16.4. The van der Waals surface area contributed by atoms with E-state index in [1.807, 2.05) is 36.4 Å². The number of nitrogens with zero attached hydrogens (tertiary/aromatic N) is 6. The molecule has 1 saturated heterocycles. The number of hydrogen-bond acceptors (Lipinski definition) is 7. The fourth-order valence-electron chi connectivity index (χ4n) is 3.23. The van der Waals surface area contributed by atoms with Crippen LogP contribution >= 0.6 is 0 Å². The van der Waals surface area contributed by atoms with E-state index >= 15 is 0 Å². The zero-order valence-electron chi connectivity index (χ0n) is 14.5. The van der Waals surface area contributed by atoms with Crippen molar-refractivity contribution in [3.8, 4) is 11.3 Å². The van der Waals surface area contributed by atoms with Gasteiger partial charge in [0.1, 0.15) is 0 Å². The van der Waals surface area contributed by atoms with Crippen LogP contribution in [0.3, 0.4) is 0 Å². The lowest BCUT2D eigenvalue weighted by Crippen LogP contribution is -2.39. The van der Waals surface area contributed by atoms with Crippen molar-refractivity contribution in [2.24, 2.45) is 5.92 Å². The molecule has 0 aliphatic carbocycles. The third-order valence-corrected chi connectivity index (χ3v) is 4.53. The quantitative estimate of drug-likeness (QED) is 0.760. The molecule has 1 atom stereocenters. The minimum atomic E-state index is 0.497. The normalized spacial score (nSPS) is 17.1. The van der Waals surface area contributed by atoms with Crippen LogP contribution in [0, 0.1) is 5.92 Å². The third-order valence-electron chi connectivity index (χ3n) is 4.53. The first-order valence-corrected chi connectivity index (χ1v) is 8.89. The van der Waals surface area contributed by atoms with Gasteiger partial charge >= 0.3 is 0 Å². The van der Waals surface area contributed by atoms with Crippen molar-refractivity contribution < 1.29 is 0 Å². The minimum Gasteiger partial charge on any atom is -0.353 e. The molecule has 1 unspecified atom stereocenters. The molecule has 7 nitrogen and oxygen atoms in total. The smallest absolute Gasteiger partial charge is 0.243 e. The molecule has 1 aliphatic rings. The summed E-state index contributed by atoms with van der Waals surface area (Å²) in [5.74, 6) is 1.87. The lowest BCUT2D eigenvalue weighted by Gasteiger charge is -2.32. The monoisotopic (exact) mass is 347 g/mol. The second-order valence-electron chi connectivity index (χ2n) is 6.42. The Morgan fingerprint density at radius 2 is 1.92 bits per heavy atom. The molecule has 1 fully saturated rings. The highest BCUT2D eigenvalue weighted by molar-refractivity contribution is 5.58. The second-order valence-corrected chi connectivity index (χ2v) is 6.42. The largest absolute Gasteiger partial charge is 0.353 e. The van der Waals surface area contributed by atoms with Crippen LogP contribution in [0.25, 0.3) is 11.3 Å². The first-order chi connectivity index (χ1) is 12.9. The molecule has 26 heavy (non-hydrogen) atoms. The van der Waals surface area contributed by atoms with Crippen molar-refractivity contribution in [1.82, 2.24) is 25.1 Å². The maximum Gasteiger partial charge on any atom is 0.243 e. The van der Waals surface area contributed by atoms with Gasteiger partial charge in [-0.05, 0) is 24.8 Å². The zero-order valence-corrected chi connectivity index (χ0v) is 14.5. The predicted octanol–water partition coefficient (Wildman–Crippen LogP) is 2.66. The van der Waals surface area contributed by atoms with Crippen molar-refractivity contribution in [1.29, 1.82) is 0 Å². The molecule has 1 aliphatic heterocycles. The summed E-state index contributed by atoms with van der Waals surface area (Å²) in [6, 6.07) is 11.9. The SMILES string of the molecule is c1ccc(-c2cnnc(NCC3CCCN(c4ncccn4)C3)n2)cc1. The van der Waals surface area contributed by atoms with Gasteiger partial charge in [-0.15, -0.1) is 5.10 Å². The standard InChI is InChI=1S/C19H21N7/c1-2-7-16(8-3-1)17-13-23-25-18(24-17)22-12-15-6-4-11-26(14-15)19-20-9-5-10-21-19/h1-3,5,7-10,13,15H,4,6,11-12,14H2,(H,22,24,25). The third kappa shape index (κ3) is 3.93. The molecule has 1 aromatic carbocycles. The van der Waals surface area contributed by atoms with E-state index in [-0.39, 0.29) is 0 Å². The van der Waals surface area contributed by atoms with Crippen LogP contribution in [0.4, 0.5) is 11.9 Å². The van der Waals surface area contributed by atoms with Gasteiger partial charge in [0.25, 0.3) is 0 Å². The minimum absolute atomic E-state index is 0.497.